The van der Waals surface area contributed by atoms with Crippen molar-refractivity contribution >= 4 is 21.6 Å². The first kappa shape index (κ1) is 12.0. The molecule has 0 aromatic heterocycles. The second kappa shape index (κ2) is 5.10. The SMILES string of the molecule is [C-]#[N+]c1c(F)cc(Br)c(CCCO)c1O. The summed E-state index contributed by atoms with van der Waals surface area (Å²) in [7, 11) is 0. The lowest BCUT2D eigenvalue weighted by atomic mass is 10.1. The van der Waals surface area contributed by atoms with Gasteiger partial charge in [0, 0.05) is 11.1 Å². The Labute approximate surface area is 95.1 Å². The molecule has 0 saturated carbocycles. The van der Waals surface area contributed by atoms with E-state index in [-0.39, 0.29) is 18.0 Å². The van der Waals surface area contributed by atoms with Crippen molar-refractivity contribution in [3.05, 3.63) is 33.3 Å². The van der Waals surface area contributed by atoms with Crippen LogP contribution in [0.4, 0.5) is 10.1 Å². The Morgan fingerprint density at radius 3 is 2.73 bits per heavy atom. The third-order valence-electron chi connectivity index (χ3n) is 1.97. The van der Waals surface area contributed by atoms with Crippen LogP contribution in [0.5, 0.6) is 5.75 Å². The van der Waals surface area contributed by atoms with Crippen molar-refractivity contribution in [2.75, 3.05) is 6.61 Å². The van der Waals surface area contributed by atoms with Gasteiger partial charge in [0.1, 0.15) is 11.6 Å². The molecule has 0 bridgehead atoms. The van der Waals surface area contributed by atoms with Crippen LogP contribution < -0.4 is 0 Å². The molecule has 0 unspecified atom stereocenters. The molecule has 80 valence electrons. The second-order valence-corrected chi connectivity index (χ2v) is 3.81. The number of aromatic hydroxyl groups is 1. The van der Waals surface area contributed by atoms with Crippen molar-refractivity contribution in [2.45, 2.75) is 12.8 Å². The lowest BCUT2D eigenvalue weighted by molar-refractivity contribution is 0.288. The normalized spacial score (nSPS) is 10.0. The molecule has 5 heteroatoms. The number of nitrogens with zero attached hydrogens (tertiary/aromatic N) is 1. The van der Waals surface area contributed by atoms with E-state index < -0.39 is 5.82 Å². The van der Waals surface area contributed by atoms with Gasteiger partial charge in [0.2, 0.25) is 0 Å². The zero-order valence-electron chi connectivity index (χ0n) is 7.80. The molecule has 0 aliphatic heterocycles. The number of aliphatic hydroxyl groups excluding tert-OH is 1. The van der Waals surface area contributed by atoms with Gasteiger partial charge in [-0.25, -0.2) is 9.24 Å². The zero-order valence-corrected chi connectivity index (χ0v) is 9.38. The molecule has 15 heavy (non-hydrogen) atoms. The van der Waals surface area contributed by atoms with Crippen molar-refractivity contribution < 1.29 is 14.6 Å². The molecule has 0 aliphatic rings. The molecule has 0 saturated heterocycles. The minimum Gasteiger partial charge on any atom is -0.519 e. The number of hydrogen-bond donors (Lipinski definition) is 2. The van der Waals surface area contributed by atoms with Crippen LogP contribution in [0.25, 0.3) is 4.85 Å². The van der Waals surface area contributed by atoms with Crippen molar-refractivity contribution in [2.24, 2.45) is 0 Å². The highest BCUT2D eigenvalue weighted by Gasteiger charge is 2.16. The first-order valence-corrected chi connectivity index (χ1v) is 5.09. The van der Waals surface area contributed by atoms with Gasteiger partial charge in [-0.05, 0) is 24.5 Å². The highest BCUT2D eigenvalue weighted by molar-refractivity contribution is 9.10. The van der Waals surface area contributed by atoms with Gasteiger partial charge in [0.25, 0.3) is 5.69 Å². The molecule has 2 N–H and O–H groups in total. The minimum absolute atomic E-state index is 0.0173. The van der Waals surface area contributed by atoms with E-state index in [0.717, 1.165) is 6.07 Å². The number of halogens is 2. The van der Waals surface area contributed by atoms with E-state index in [4.69, 9.17) is 11.7 Å². The number of phenolic OH excluding ortho intramolecular Hbond substituents is 1. The molecular weight excluding hydrogens is 265 g/mol. The fourth-order valence-electron chi connectivity index (χ4n) is 1.24. The highest BCUT2D eigenvalue weighted by atomic mass is 79.9. The van der Waals surface area contributed by atoms with Crippen molar-refractivity contribution in [1.82, 2.24) is 0 Å². The largest absolute Gasteiger partial charge is 0.519 e. The van der Waals surface area contributed by atoms with E-state index in [9.17, 15) is 9.50 Å². The maximum absolute atomic E-state index is 13.2. The summed E-state index contributed by atoms with van der Waals surface area (Å²) >= 11 is 3.11. The maximum atomic E-state index is 13.2. The Bertz CT molecular complexity index is 415. The van der Waals surface area contributed by atoms with E-state index in [1.54, 1.807) is 0 Å². The van der Waals surface area contributed by atoms with Crippen LogP contribution in [-0.4, -0.2) is 16.8 Å². The molecule has 0 aliphatic carbocycles. The molecule has 3 nitrogen and oxygen atoms in total. The molecule has 0 amide bonds. The average molecular weight is 274 g/mol. The Morgan fingerprint density at radius 1 is 1.53 bits per heavy atom. The third kappa shape index (κ3) is 2.46. The summed E-state index contributed by atoms with van der Waals surface area (Å²) in [5.74, 6) is -1.09. The second-order valence-electron chi connectivity index (χ2n) is 2.95. The van der Waals surface area contributed by atoms with Crippen LogP contribution in [0.3, 0.4) is 0 Å². The summed E-state index contributed by atoms with van der Waals surface area (Å²) in [5, 5.41) is 18.3. The highest BCUT2D eigenvalue weighted by Crippen LogP contribution is 2.38. The first-order chi connectivity index (χ1) is 7.11. The quantitative estimate of drug-likeness (QED) is 0.832. The number of benzene rings is 1. The Morgan fingerprint density at radius 2 is 2.20 bits per heavy atom. The van der Waals surface area contributed by atoms with Gasteiger partial charge < -0.3 is 10.2 Å². The van der Waals surface area contributed by atoms with Crippen molar-refractivity contribution in [3.63, 3.8) is 0 Å². The molecule has 0 heterocycles. The third-order valence-corrected chi connectivity index (χ3v) is 2.68. The Kier molecular flexibility index (Phi) is 4.06. The van der Waals surface area contributed by atoms with Crippen LogP contribution in [0.1, 0.15) is 12.0 Å². The monoisotopic (exact) mass is 273 g/mol. The smallest absolute Gasteiger partial charge is 0.262 e. The first-order valence-electron chi connectivity index (χ1n) is 4.30. The average Bonchev–Trinajstić information content (AvgIpc) is 2.17. The van der Waals surface area contributed by atoms with Gasteiger partial charge in [-0.15, -0.1) is 0 Å². The van der Waals surface area contributed by atoms with Gasteiger partial charge in [-0.3, -0.25) is 0 Å². The lowest BCUT2D eigenvalue weighted by Crippen LogP contribution is -1.93. The molecule has 0 fully saturated rings. The van der Waals surface area contributed by atoms with Gasteiger partial charge in [-0.1, -0.05) is 15.9 Å². The maximum Gasteiger partial charge on any atom is 0.262 e. The van der Waals surface area contributed by atoms with Crippen LogP contribution in [-0.2, 0) is 6.42 Å². The summed E-state index contributed by atoms with van der Waals surface area (Å²) in [5.41, 5.74) is 0.0857. The fourth-order valence-corrected chi connectivity index (χ4v) is 1.82. The zero-order chi connectivity index (χ0) is 11.4. The van der Waals surface area contributed by atoms with Gasteiger partial charge in [0.05, 0.1) is 6.57 Å². The number of phenols is 1. The Hall–Kier alpha value is -1.12. The predicted molar refractivity (Wildman–Crippen MR) is 57.4 cm³/mol. The van der Waals surface area contributed by atoms with E-state index in [1.807, 2.05) is 0 Å². The molecule has 1 rings (SSSR count). The molecule has 1 aromatic carbocycles. The summed E-state index contributed by atoms with van der Waals surface area (Å²) in [6.45, 7) is 6.71. The standard InChI is InChI=1S/C10H9BrFNO2/c1-13-9-8(12)5-7(11)6(10(9)15)3-2-4-14/h5,14-15H,2-4H2. The molecular formula is C10H9BrFNO2. The topological polar surface area (TPSA) is 44.8 Å². The van der Waals surface area contributed by atoms with Crippen LogP contribution in [0, 0.1) is 12.4 Å². The number of hydrogen-bond acceptors (Lipinski definition) is 2. The molecule has 0 atom stereocenters. The van der Waals surface area contributed by atoms with Gasteiger partial charge >= 0.3 is 0 Å². The van der Waals surface area contributed by atoms with Crippen molar-refractivity contribution in [1.29, 1.82) is 0 Å². The van der Waals surface area contributed by atoms with Gasteiger partial charge in [0.15, 0.2) is 0 Å². The van der Waals surface area contributed by atoms with Crippen LogP contribution in [0.2, 0.25) is 0 Å². The summed E-state index contributed by atoms with van der Waals surface area (Å²) in [6, 6.07) is 1.15. The molecule has 0 radical (unpaired) electrons. The molecule has 0 spiro atoms. The van der Waals surface area contributed by atoms with Crippen LogP contribution in [0.15, 0.2) is 10.5 Å². The van der Waals surface area contributed by atoms with Crippen molar-refractivity contribution in [3.8, 4) is 5.75 Å². The van der Waals surface area contributed by atoms with E-state index in [2.05, 4.69) is 20.8 Å². The summed E-state index contributed by atoms with van der Waals surface area (Å²) in [4.78, 5) is 2.92. The van der Waals surface area contributed by atoms with Gasteiger partial charge in [-0.2, -0.15) is 0 Å². The lowest BCUT2D eigenvalue weighted by Gasteiger charge is -2.08. The molecule has 1 aromatic rings. The van der Waals surface area contributed by atoms with Crippen LogP contribution >= 0.6 is 15.9 Å². The number of aliphatic hydroxyl groups is 1. The minimum atomic E-state index is -0.748. The van der Waals surface area contributed by atoms with E-state index in [0.29, 0.717) is 22.9 Å². The Balaban J connectivity index is 3.21. The number of rotatable bonds is 3. The predicted octanol–water partition coefficient (Wildman–Crippen LogP) is 2.77. The fraction of sp³-hybridized carbons (Fsp3) is 0.300. The van der Waals surface area contributed by atoms with E-state index >= 15 is 0 Å². The summed E-state index contributed by atoms with van der Waals surface area (Å²) < 4.78 is 13.6. The van der Waals surface area contributed by atoms with E-state index in [1.165, 1.54) is 0 Å². The summed E-state index contributed by atoms with van der Waals surface area (Å²) in [6.07, 6.45) is 0.848.